The first-order valence-electron chi connectivity index (χ1n) is 11.8. The molecule has 0 N–H and O–H groups in total. The SMILES string of the molecule is N#Cc1ccc(N(c2cccc(N(c3ccc(C#N)cn3)c3ccc(C#N)cn3)c2)c2ccc(C#N)cn2)nc1. The third-order valence-corrected chi connectivity index (χ3v) is 5.77. The molecule has 0 aliphatic heterocycles. The van der Waals surface area contributed by atoms with Crippen LogP contribution in [0.1, 0.15) is 22.3 Å². The summed E-state index contributed by atoms with van der Waals surface area (Å²) in [5.41, 5.74) is 3.01. The summed E-state index contributed by atoms with van der Waals surface area (Å²) in [7, 11) is 0. The molecule has 0 aliphatic carbocycles. The minimum atomic E-state index is 0.412. The smallest absolute Gasteiger partial charge is 0.138 e. The van der Waals surface area contributed by atoms with Crippen molar-refractivity contribution in [2.24, 2.45) is 0 Å². The van der Waals surface area contributed by atoms with Gasteiger partial charge in [0.05, 0.1) is 33.6 Å². The highest BCUT2D eigenvalue weighted by Crippen LogP contribution is 2.38. The Labute approximate surface area is 229 Å². The van der Waals surface area contributed by atoms with Crippen LogP contribution in [0.4, 0.5) is 34.6 Å². The lowest BCUT2D eigenvalue weighted by atomic mass is 10.2. The van der Waals surface area contributed by atoms with Crippen LogP contribution in [0.15, 0.2) is 97.6 Å². The van der Waals surface area contributed by atoms with Crippen LogP contribution >= 0.6 is 0 Å². The van der Waals surface area contributed by atoms with E-state index in [2.05, 4.69) is 44.2 Å². The standard InChI is InChI=1S/C30H16N10/c31-13-21-4-8-27(35-17-21)39(28-9-5-22(14-32)18-36-28)25-2-1-3-26(12-25)40(29-10-6-23(15-33)19-37-29)30-11-7-24(16-34)20-38-30/h1-12,17-20H. The highest BCUT2D eigenvalue weighted by atomic mass is 15.3. The van der Waals surface area contributed by atoms with E-state index in [0.29, 0.717) is 56.9 Å². The second kappa shape index (κ2) is 11.2. The Morgan fingerprint density at radius 1 is 0.425 bits per heavy atom. The Morgan fingerprint density at radius 3 is 0.950 bits per heavy atom. The molecule has 0 spiro atoms. The van der Waals surface area contributed by atoms with Gasteiger partial charge in [-0.25, -0.2) is 19.9 Å². The number of rotatable bonds is 6. The van der Waals surface area contributed by atoms with Crippen LogP contribution in [-0.2, 0) is 0 Å². The first-order chi connectivity index (χ1) is 19.6. The van der Waals surface area contributed by atoms with Crippen molar-refractivity contribution in [1.29, 1.82) is 21.0 Å². The molecule has 40 heavy (non-hydrogen) atoms. The van der Waals surface area contributed by atoms with Gasteiger partial charge in [-0.2, -0.15) is 21.0 Å². The fourth-order valence-electron chi connectivity index (χ4n) is 3.87. The highest BCUT2D eigenvalue weighted by Gasteiger charge is 2.20. The lowest BCUT2D eigenvalue weighted by molar-refractivity contribution is 1.10. The van der Waals surface area contributed by atoms with Crippen LogP contribution in [0.25, 0.3) is 0 Å². The topological polar surface area (TPSA) is 153 Å². The van der Waals surface area contributed by atoms with E-state index >= 15 is 0 Å². The lowest BCUT2D eigenvalue weighted by Gasteiger charge is -2.27. The molecule has 10 heteroatoms. The fourth-order valence-corrected chi connectivity index (χ4v) is 3.87. The van der Waals surface area contributed by atoms with Gasteiger partial charge in [0, 0.05) is 24.8 Å². The van der Waals surface area contributed by atoms with Crippen molar-refractivity contribution in [3.63, 3.8) is 0 Å². The summed E-state index contributed by atoms with van der Waals surface area (Å²) >= 11 is 0. The van der Waals surface area contributed by atoms with Crippen molar-refractivity contribution < 1.29 is 0 Å². The van der Waals surface area contributed by atoms with Gasteiger partial charge in [-0.1, -0.05) is 6.07 Å². The van der Waals surface area contributed by atoms with E-state index in [4.69, 9.17) is 0 Å². The van der Waals surface area contributed by atoms with E-state index < -0.39 is 0 Å². The molecule has 0 radical (unpaired) electrons. The molecule has 5 aromatic rings. The molecule has 0 amide bonds. The predicted molar refractivity (Wildman–Crippen MR) is 146 cm³/mol. The molecular weight excluding hydrogens is 500 g/mol. The van der Waals surface area contributed by atoms with Crippen molar-refractivity contribution in [3.8, 4) is 24.3 Å². The molecule has 186 valence electrons. The molecule has 0 saturated heterocycles. The Hall–Kier alpha value is -6.62. The number of aromatic nitrogens is 4. The minimum Gasteiger partial charge on any atom is -0.279 e. The summed E-state index contributed by atoms with van der Waals surface area (Å²) < 4.78 is 0. The number of benzene rings is 1. The Morgan fingerprint density at radius 2 is 0.725 bits per heavy atom. The largest absolute Gasteiger partial charge is 0.279 e. The van der Waals surface area contributed by atoms with E-state index in [1.807, 2.05) is 24.3 Å². The molecule has 0 atom stereocenters. The van der Waals surface area contributed by atoms with E-state index in [1.165, 1.54) is 24.8 Å². The quantitative estimate of drug-likeness (QED) is 0.275. The van der Waals surface area contributed by atoms with E-state index in [-0.39, 0.29) is 0 Å². The van der Waals surface area contributed by atoms with Gasteiger partial charge in [-0.05, 0) is 66.7 Å². The monoisotopic (exact) mass is 516 g/mol. The zero-order valence-electron chi connectivity index (χ0n) is 20.7. The van der Waals surface area contributed by atoms with Gasteiger partial charge in [0.25, 0.3) is 0 Å². The summed E-state index contributed by atoms with van der Waals surface area (Å²) in [5.74, 6) is 2.03. The lowest BCUT2D eigenvalue weighted by Crippen LogP contribution is -2.16. The van der Waals surface area contributed by atoms with E-state index in [1.54, 1.807) is 58.3 Å². The van der Waals surface area contributed by atoms with E-state index in [9.17, 15) is 21.0 Å². The summed E-state index contributed by atoms with van der Waals surface area (Å²) in [6.07, 6.45) is 5.90. The summed E-state index contributed by atoms with van der Waals surface area (Å²) in [4.78, 5) is 21.5. The highest BCUT2D eigenvalue weighted by molar-refractivity contribution is 5.79. The molecule has 0 saturated carbocycles. The zero-order valence-corrected chi connectivity index (χ0v) is 20.7. The molecule has 4 heterocycles. The maximum atomic E-state index is 9.24. The number of hydrogen-bond acceptors (Lipinski definition) is 10. The molecule has 0 unspecified atom stereocenters. The Bertz CT molecular complexity index is 1570. The van der Waals surface area contributed by atoms with Crippen molar-refractivity contribution in [2.45, 2.75) is 0 Å². The molecule has 0 bridgehead atoms. The number of hydrogen-bond donors (Lipinski definition) is 0. The van der Waals surface area contributed by atoms with Crippen LogP contribution in [0.3, 0.4) is 0 Å². The van der Waals surface area contributed by atoms with Crippen molar-refractivity contribution in [1.82, 2.24) is 19.9 Å². The average Bonchev–Trinajstić information content (AvgIpc) is 3.03. The van der Waals surface area contributed by atoms with Crippen LogP contribution in [0, 0.1) is 45.3 Å². The van der Waals surface area contributed by atoms with Crippen LogP contribution < -0.4 is 9.80 Å². The van der Waals surface area contributed by atoms with Gasteiger partial charge in [-0.3, -0.25) is 9.80 Å². The third-order valence-electron chi connectivity index (χ3n) is 5.77. The molecule has 0 fully saturated rings. The number of nitrogens with zero attached hydrogens (tertiary/aromatic N) is 10. The minimum absolute atomic E-state index is 0.412. The van der Waals surface area contributed by atoms with Gasteiger partial charge < -0.3 is 0 Å². The fraction of sp³-hybridized carbons (Fsp3) is 0. The van der Waals surface area contributed by atoms with Crippen LogP contribution in [-0.4, -0.2) is 19.9 Å². The molecular formula is C30H16N10. The Kier molecular flexibility index (Phi) is 7.01. The molecule has 4 aromatic heterocycles. The first kappa shape index (κ1) is 25.0. The maximum Gasteiger partial charge on any atom is 0.138 e. The van der Waals surface area contributed by atoms with Crippen molar-refractivity contribution >= 4 is 34.6 Å². The number of anilines is 6. The second-order valence-corrected chi connectivity index (χ2v) is 8.26. The number of pyridine rings is 4. The van der Waals surface area contributed by atoms with Gasteiger partial charge >= 0.3 is 0 Å². The Balaban J connectivity index is 1.66. The average molecular weight is 517 g/mol. The predicted octanol–water partition coefficient (Wildman–Crippen LogP) is 5.69. The van der Waals surface area contributed by atoms with Crippen molar-refractivity contribution in [3.05, 3.63) is 120 Å². The third kappa shape index (κ3) is 5.10. The van der Waals surface area contributed by atoms with Gasteiger partial charge in [0.15, 0.2) is 0 Å². The maximum absolute atomic E-state index is 9.24. The molecule has 5 rings (SSSR count). The first-order valence-corrected chi connectivity index (χ1v) is 11.8. The normalized spacial score (nSPS) is 9.90. The van der Waals surface area contributed by atoms with Gasteiger partial charge in [0.1, 0.15) is 47.5 Å². The number of nitriles is 4. The summed E-state index contributed by atoms with van der Waals surface area (Å²) in [5, 5.41) is 37.0. The zero-order chi connectivity index (χ0) is 27.9. The molecule has 0 aliphatic rings. The van der Waals surface area contributed by atoms with Gasteiger partial charge in [0.2, 0.25) is 0 Å². The summed E-state index contributed by atoms with van der Waals surface area (Å²) in [6.45, 7) is 0. The molecule has 10 nitrogen and oxygen atoms in total. The second-order valence-electron chi connectivity index (χ2n) is 8.26. The summed E-state index contributed by atoms with van der Waals surface area (Å²) in [6, 6.07) is 29.3. The van der Waals surface area contributed by atoms with Crippen LogP contribution in [0.5, 0.6) is 0 Å². The van der Waals surface area contributed by atoms with Crippen molar-refractivity contribution in [2.75, 3.05) is 9.80 Å². The van der Waals surface area contributed by atoms with Crippen LogP contribution in [0.2, 0.25) is 0 Å². The molecule has 1 aromatic carbocycles. The van der Waals surface area contributed by atoms with E-state index in [0.717, 1.165) is 0 Å². The van der Waals surface area contributed by atoms with Gasteiger partial charge in [-0.15, -0.1) is 0 Å².